The molecule has 1 aliphatic rings. The van der Waals surface area contributed by atoms with E-state index in [4.69, 9.17) is 4.74 Å². The Hall–Kier alpha value is -0.610. The highest BCUT2D eigenvalue weighted by Crippen LogP contribution is 2.34. The van der Waals surface area contributed by atoms with Crippen molar-refractivity contribution in [3.05, 3.63) is 0 Å². The monoisotopic (exact) mass is 270 g/mol. The zero-order chi connectivity index (χ0) is 14.5. The van der Waals surface area contributed by atoms with Crippen LogP contribution in [0.25, 0.3) is 0 Å². The van der Waals surface area contributed by atoms with E-state index in [9.17, 15) is 4.79 Å². The van der Waals surface area contributed by atoms with Gasteiger partial charge in [-0.3, -0.25) is 4.79 Å². The fourth-order valence-corrected chi connectivity index (χ4v) is 3.10. The van der Waals surface area contributed by atoms with Crippen LogP contribution >= 0.6 is 0 Å². The van der Waals surface area contributed by atoms with E-state index >= 15 is 0 Å². The number of hydrogen-bond donors (Lipinski definition) is 1. The average molecular weight is 270 g/mol. The Labute approximate surface area is 117 Å². The van der Waals surface area contributed by atoms with Crippen LogP contribution in [0.4, 0.5) is 0 Å². The molecule has 2 atom stereocenters. The first-order chi connectivity index (χ1) is 8.95. The van der Waals surface area contributed by atoms with E-state index in [0.29, 0.717) is 12.0 Å². The van der Waals surface area contributed by atoms with Crippen LogP contribution in [0.2, 0.25) is 0 Å². The Morgan fingerprint density at radius 1 is 1.53 bits per heavy atom. The van der Waals surface area contributed by atoms with Gasteiger partial charge in [-0.1, -0.05) is 20.8 Å². The molecule has 0 radical (unpaired) electrons. The second kappa shape index (κ2) is 7.25. The topological polar surface area (TPSA) is 41.6 Å². The van der Waals surface area contributed by atoms with Crippen molar-refractivity contribution in [3.63, 3.8) is 0 Å². The van der Waals surface area contributed by atoms with Gasteiger partial charge in [-0.15, -0.1) is 0 Å². The first-order valence-electron chi connectivity index (χ1n) is 7.49. The van der Waals surface area contributed by atoms with Crippen molar-refractivity contribution in [1.29, 1.82) is 0 Å². The zero-order valence-corrected chi connectivity index (χ0v) is 13.2. The average Bonchev–Trinajstić information content (AvgIpc) is 2.80. The Kier molecular flexibility index (Phi) is 6.27. The van der Waals surface area contributed by atoms with E-state index in [-0.39, 0.29) is 5.97 Å². The van der Waals surface area contributed by atoms with Gasteiger partial charge in [0.05, 0.1) is 7.11 Å². The summed E-state index contributed by atoms with van der Waals surface area (Å²) >= 11 is 0. The van der Waals surface area contributed by atoms with Crippen molar-refractivity contribution in [2.75, 3.05) is 27.2 Å². The van der Waals surface area contributed by atoms with Crippen molar-refractivity contribution < 1.29 is 9.53 Å². The molecule has 0 amide bonds. The third-order valence-electron chi connectivity index (χ3n) is 4.05. The number of nitrogens with one attached hydrogen (secondary N) is 1. The highest BCUT2D eigenvalue weighted by atomic mass is 16.5. The van der Waals surface area contributed by atoms with E-state index in [2.05, 4.69) is 38.0 Å². The van der Waals surface area contributed by atoms with Crippen LogP contribution in [0.5, 0.6) is 0 Å². The molecule has 0 aromatic heterocycles. The summed E-state index contributed by atoms with van der Waals surface area (Å²) in [5.74, 6) is 0.558. The molecule has 1 aliphatic carbocycles. The number of carbonyl (C=O) groups is 1. The molecule has 1 rings (SSSR count). The Morgan fingerprint density at radius 3 is 2.74 bits per heavy atom. The molecule has 4 heteroatoms. The Bertz CT molecular complexity index is 294. The molecule has 0 aliphatic heterocycles. The summed E-state index contributed by atoms with van der Waals surface area (Å²) in [6.45, 7) is 8.53. The third kappa shape index (κ3) is 4.18. The second-order valence-corrected chi connectivity index (χ2v) is 6.23. The van der Waals surface area contributed by atoms with E-state index < -0.39 is 5.54 Å². The minimum absolute atomic E-state index is 0.0959. The van der Waals surface area contributed by atoms with E-state index in [0.717, 1.165) is 38.8 Å². The lowest BCUT2D eigenvalue weighted by molar-refractivity contribution is -0.148. The van der Waals surface area contributed by atoms with Crippen LogP contribution in [0.15, 0.2) is 0 Å². The summed E-state index contributed by atoms with van der Waals surface area (Å²) in [7, 11) is 3.65. The Morgan fingerprint density at radius 2 is 2.21 bits per heavy atom. The molecule has 0 saturated heterocycles. The fraction of sp³-hybridized carbons (Fsp3) is 0.933. The molecule has 0 spiro atoms. The summed E-state index contributed by atoms with van der Waals surface area (Å²) in [5.41, 5.74) is -0.458. The maximum absolute atomic E-state index is 12.1. The quantitative estimate of drug-likeness (QED) is 0.719. The summed E-state index contributed by atoms with van der Waals surface area (Å²) in [5, 5.41) is 3.43. The van der Waals surface area contributed by atoms with Gasteiger partial charge in [0.25, 0.3) is 0 Å². The first kappa shape index (κ1) is 16.4. The second-order valence-electron chi connectivity index (χ2n) is 6.23. The van der Waals surface area contributed by atoms with Gasteiger partial charge in [0.2, 0.25) is 0 Å². The van der Waals surface area contributed by atoms with Crippen LogP contribution in [-0.2, 0) is 9.53 Å². The van der Waals surface area contributed by atoms with Crippen LogP contribution < -0.4 is 5.32 Å². The zero-order valence-electron chi connectivity index (χ0n) is 13.2. The van der Waals surface area contributed by atoms with Gasteiger partial charge >= 0.3 is 5.97 Å². The van der Waals surface area contributed by atoms with Gasteiger partial charge in [0, 0.05) is 12.6 Å². The van der Waals surface area contributed by atoms with Crippen LogP contribution in [0.3, 0.4) is 0 Å². The molecule has 1 N–H and O–H groups in total. The lowest BCUT2D eigenvalue weighted by Gasteiger charge is -2.30. The first-order valence-corrected chi connectivity index (χ1v) is 7.49. The molecule has 19 heavy (non-hydrogen) atoms. The van der Waals surface area contributed by atoms with E-state index in [1.165, 1.54) is 7.11 Å². The third-order valence-corrected chi connectivity index (χ3v) is 4.05. The molecule has 1 saturated carbocycles. The van der Waals surface area contributed by atoms with Gasteiger partial charge in [-0.05, 0) is 45.2 Å². The number of rotatable bonds is 7. The maximum Gasteiger partial charge on any atom is 0.326 e. The Balaban J connectivity index is 2.68. The van der Waals surface area contributed by atoms with Gasteiger partial charge in [-0.25, -0.2) is 0 Å². The van der Waals surface area contributed by atoms with Gasteiger partial charge < -0.3 is 15.0 Å². The number of nitrogens with zero attached hydrogens (tertiary/aromatic N) is 1. The molecule has 0 bridgehead atoms. The number of carbonyl (C=O) groups excluding carboxylic acids is 1. The lowest BCUT2D eigenvalue weighted by atomic mass is 9.96. The SMILES string of the molecule is CCCNC1(C(=O)OC)CCC(N(C)CC(C)C)C1. The normalized spacial score (nSPS) is 27.2. The summed E-state index contributed by atoms with van der Waals surface area (Å²) < 4.78 is 5.02. The molecule has 1 fully saturated rings. The van der Waals surface area contributed by atoms with Crippen LogP contribution in [-0.4, -0.2) is 49.7 Å². The van der Waals surface area contributed by atoms with Crippen molar-refractivity contribution in [1.82, 2.24) is 10.2 Å². The number of ether oxygens (including phenoxy) is 1. The van der Waals surface area contributed by atoms with E-state index in [1.54, 1.807) is 0 Å². The highest BCUT2D eigenvalue weighted by molar-refractivity contribution is 5.81. The lowest BCUT2D eigenvalue weighted by Crippen LogP contribution is -2.52. The maximum atomic E-state index is 12.1. The molecule has 4 nitrogen and oxygen atoms in total. The molecular weight excluding hydrogens is 240 g/mol. The molecule has 0 aromatic carbocycles. The standard InChI is InChI=1S/C15H30N2O2/c1-6-9-16-15(14(18)19-5)8-7-13(10-15)17(4)11-12(2)3/h12-13,16H,6-11H2,1-5H3. The molecule has 2 unspecified atom stereocenters. The smallest absolute Gasteiger partial charge is 0.326 e. The molecule has 0 heterocycles. The minimum atomic E-state index is -0.458. The van der Waals surface area contributed by atoms with Crippen molar-refractivity contribution in [2.45, 2.75) is 58.0 Å². The predicted molar refractivity (Wildman–Crippen MR) is 78.1 cm³/mol. The largest absolute Gasteiger partial charge is 0.468 e. The highest BCUT2D eigenvalue weighted by Gasteiger charge is 2.46. The fourth-order valence-electron chi connectivity index (χ4n) is 3.10. The van der Waals surface area contributed by atoms with Gasteiger partial charge in [0.15, 0.2) is 0 Å². The molecule has 0 aromatic rings. The molecular formula is C15H30N2O2. The van der Waals surface area contributed by atoms with Crippen molar-refractivity contribution >= 4 is 5.97 Å². The van der Waals surface area contributed by atoms with Crippen molar-refractivity contribution in [2.24, 2.45) is 5.92 Å². The predicted octanol–water partition coefficient (Wildman–Crippen LogP) is 2.04. The van der Waals surface area contributed by atoms with Gasteiger partial charge in [0.1, 0.15) is 5.54 Å². The van der Waals surface area contributed by atoms with E-state index in [1.807, 2.05) is 0 Å². The molecule has 112 valence electrons. The van der Waals surface area contributed by atoms with Crippen LogP contribution in [0, 0.1) is 5.92 Å². The number of esters is 1. The van der Waals surface area contributed by atoms with Crippen molar-refractivity contribution in [3.8, 4) is 0 Å². The number of methoxy groups -OCH3 is 1. The van der Waals surface area contributed by atoms with Crippen LogP contribution in [0.1, 0.15) is 46.5 Å². The summed E-state index contributed by atoms with van der Waals surface area (Å²) in [6.07, 6.45) is 3.84. The summed E-state index contributed by atoms with van der Waals surface area (Å²) in [6, 6.07) is 0.478. The minimum Gasteiger partial charge on any atom is -0.468 e. The number of hydrogen-bond acceptors (Lipinski definition) is 4. The summed E-state index contributed by atoms with van der Waals surface area (Å²) in [4.78, 5) is 14.5. The van der Waals surface area contributed by atoms with Gasteiger partial charge in [-0.2, -0.15) is 0 Å².